The van der Waals surface area contributed by atoms with Crippen LogP contribution in [-0.4, -0.2) is 0 Å². The summed E-state index contributed by atoms with van der Waals surface area (Å²) in [5.74, 6) is 0. The van der Waals surface area contributed by atoms with E-state index in [1.807, 2.05) is 0 Å². The Hall–Kier alpha value is -1.91. The second kappa shape index (κ2) is 6.03. The van der Waals surface area contributed by atoms with Crippen molar-refractivity contribution in [2.45, 2.75) is 6.92 Å². The zero-order valence-corrected chi connectivity index (χ0v) is 12.5. The Morgan fingerprint density at radius 3 is 1.65 bits per heavy atom. The molecule has 20 heavy (non-hydrogen) atoms. The molecule has 0 saturated heterocycles. The third-order valence-corrected chi connectivity index (χ3v) is 4.58. The predicted molar refractivity (Wildman–Crippen MR) is 90.6 cm³/mol. The first-order chi connectivity index (χ1) is 9.81. The van der Waals surface area contributed by atoms with Crippen molar-refractivity contribution in [2.75, 3.05) is 0 Å². The van der Waals surface area contributed by atoms with Crippen LogP contribution in [0.2, 0.25) is 0 Å². The summed E-state index contributed by atoms with van der Waals surface area (Å²) >= 11 is 0. The van der Waals surface area contributed by atoms with Gasteiger partial charge in [0, 0.05) is 0 Å². The van der Waals surface area contributed by atoms with Crippen LogP contribution in [0.25, 0.3) is 11.1 Å². The number of aryl methyl sites for hydroxylation is 1. The van der Waals surface area contributed by atoms with Gasteiger partial charge in [-0.05, 0) is 28.7 Å². The lowest BCUT2D eigenvalue weighted by molar-refractivity contribution is 1.47. The fourth-order valence-electron chi connectivity index (χ4n) is 2.18. The number of benzene rings is 3. The average molecular weight is 276 g/mol. The van der Waals surface area contributed by atoms with E-state index in [4.69, 9.17) is 0 Å². The summed E-state index contributed by atoms with van der Waals surface area (Å²) in [6.07, 6.45) is 0. The van der Waals surface area contributed by atoms with Crippen molar-refractivity contribution in [3.8, 4) is 11.1 Å². The van der Waals surface area contributed by atoms with Gasteiger partial charge in [-0.1, -0.05) is 93.0 Å². The molecule has 1 heteroatoms. The smallest absolute Gasteiger partial charge is 0.0184 e. The molecule has 1 unspecified atom stereocenters. The molecule has 0 N–H and O–H groups in total. The minimum Gasteiger partial charge on any atom is -0.0622 e. The number of hydrogen-bond donors (Lipinski definition) is 0. The standard InChI is InChI=1S/C19H17P/c1-15-7-9-16(10-8-15)17-11-13-19(14-12-17)20-18-5-3-2-4-6-18/h2-14,20H,1H3. The van der Waals surface area contributed by atoms with Crippen LogP contribution < -0.4 is 10.6 Å². The molecule has 0 aliphatic carbocycles. The van der Waals surface area contributed by atoms with E-state index in [0.717, 1.165) is 8.58 Å². The van der Waals surface area contributed by atoms with Gasteiger partial charge in [-0.3, -0.25) is 0 Å². The molecule has 0 amide bonds. The fraction of sp³-hybridized carbons (Fsp3) is 0.0526. The second-order valence-corrected chi connectivity index (χ2v) is 6.34. The molecular weight excluding hydrogens is 259 g/mol. The van der Waals surface area contributed by atoms with Gasteiger partial charge in [0.1, 0.15) is 0 Å². The maximum absolute atomic E-state index is 2.24. The highest BCUT2D eigenvalue weighted by Gasteiger charge is 1.99. The molecule has 3 aromatic carbocycles. The van der Waals surface area contributed by atoms with E-state index in [1.54, 1.807) is 0 Å². The van der Waals surface area contributed by atoms with Crippen LogP contribution in [0, 0.1) is 6.92 Å². The molecule has 98 valence electrons. The van der Waals surface area contributed by atoms with Gasteiger partial charge in [-0.25, -0.2) is 0 Å². The van der Waals surface area contributed by atoms with E-state index in [9.17, 15) is 0 Å². The van der Waals surface area contributed by atoms with E-state index in [2.05, 4.69) is 85.8 Å². The fourth-order valence-corrected chi connectivity index (χ4v) is 3.21. The van der Waals surface area contributed by atoms with E-state index >= 15 is 0 Å². The Morgan fingerprint density at radius 1 is 0.550 bits per heavy atom. The third kappa shape index (κ3) is 3.15. The molecule has 0 aromatic heterocycles. The van der Waals surface area contributed by atoms with E-state index in [-0.39, 0.29) is 0 Å². The van der Waals surface area contributed by atoms with Crippen LogP contribution in [0.5, 0.6) is 0 Å². The first-order valence-electron chi connectivity index (χ1n) is 6.80. The summed E-state index contributed by atoms with van der Waals surface area (Å²) in [5, 5.41) is 2.77. The molecular formula is C19H17P. The predicted octanol–water partition coefficient (Wildman–Crippen LogP) is 4.29. The van der Waals surface area contributed by atoms with Crippen LogP contribution >= 0.6 is 8.58 Å². The molecule has 0 aliphatic heterocycles. The van der Waals surface area contributed by atoms with Crippen molar-refractivity contribution in [1.29, 1.82) is 0 Å². The van der Waals surface area contributed by atoms with Gasteiger partial charge in [0.25, 0.3) is 0 Å². The summed E-state index contributed by atoms with van der Waals surface area (Å²) in [7, 11) is 0.729. The lowest BCUT2D eigenvalue weighted by atomic mass is 10.0. The van der Waals surface area contributed by atoms with Crippen molar-refractivity contribution in [3.05, 3.63) is 84.4 Å². The molecule has 0 saturated carbocycles. The van der Waals surface area contributed by atoms with Crippen molar-refractivity contribution >= 4 is 19.2 Å². The summed E-state index contributed by atoms with van der Waals surface area (Å²) in [5.41, 5.74) is 3.87. The lowest BCUT2D eigenvalue weighted by Crippen LogP contribution is -2.02. The largest absolute Gasteiger partial charge is 0.0622 e. The highest BCUT2D eigenvalue weighted by atomic mass is 31.1. The van der Waals surface area contributed by atoms with E-state index in [0.29, 0.717) is 0 Å². The molecule has 3 aromatic rings. The van der Waals surface area contributed by atoms with Crippen LogP contribution in [0.1, 0.15) is 5.56 Å². The zero-order valence-electron chi connectivity index (χ0n) is 11.5. The van der Waals surface area contributed by atoms with Crippen LogP contribution in [0.15, 0.2) is 78.9 Å². The average Bonchev–Trinajstić information content (AvgIpc) is 2.50. The third-order valence-electron chi connectivity index (χ3n) is 3.33. The van der Waals surface area contributed by atoms with E-state index in [1.165, 1.54) is 27.3 Å². The van der Waals surface area contributed by atoms with Crippen LogP contribution in [-0.2, 0) is 0 Å². The van der Waals surface area contributed by atoms with E-state index < -0.39 is 0 Å². The van der Waals surface area contributed by atoms with Gasteiger partial charge in [0.2, 0.25) is 0 Å². The van der Waals surface area contributed by atoms with Crippen molar-refractivity contribution in [2.24, 2.45) is 0 Å². The Morgan fingerprint density at radius 2 is 1.05 bits per heavy atom. The Bertz CT molecular complexity index is 667. The summed E-state index contributed by atoms with van der Waals surface area (Å²) in [6.45, 7) is 2.12. The summed E-state index contributed by atoms with van der Waals surface area (Å²) < 4.78 is 0. The molecule has 0 heterocycles. The first-order valence-corrected chi connectivity index (χ1v) is 7.80. The maximum Gasteiger partial charge on any atom is -0.0184 e. The van der Waals surface area contributed by atoms with Gasteiger partial charge in [0.05, 0.1) is 0 Å². The minimum absolute atomic E-state index is 0.729. The highest BCUT2D eigenvalue weighted by molar-refractivity contribution is 7.55. The summed E-state index contributed by atoms with van der Waals surface area (Å²) in [4.78, 5) is 0. The van der Waals surface area contributed by atoms with Crippen LogP contribution in [0.4, 0.5) is 0 Å². The molecule has 3 rings (SSSR count). The molecule has 0 nitrogen and oxygen atoms in total. The van der Waals surface area contributed by atoms with Crippen LogP contribution in [0.3, 0.4) is 0 Å². The first kappa shape index (κ1) is 13.1. The van der Waals surface area contributed by atoms with Gasteiger partial charge >= 0.3 is 0 Å². The normalized spacial score (nSPS) is 11.1. The molecule has 1 atom stereocenters. The van der Waals surface area contributed by atoms with Gasteiger partial charge in [0.15, 0.2) is 0 Å². The van der Waals surface area contributed by atoms with Crippen molar-refractivity contribution < 1.29 is 0 Å². The van der Waals surface area contributed by atoms with Gasteiger partial charge in [-0.2, -0.15) is 0 Å². The van der Waals surface area contributed by atoms with Gasteiger partial charge < -0.3 is 0 Å². The topological polar surface area (TPSA) is 0 Å². The Balaban J connectivity index is 1.79. The minimum atomic E-state index is 0.729. The maximum atomic E-state index is 2.24. The van der Waals surface area contributed by atoms with Crippen molar-refractivity contribution in [1.82, 2.24) is 0 Å². The monoisotopic (exact) mass is 276 g/mol. The number of hydrogen-bond acceptors (Lipinski definition) is 0. The Labute approximate surface area is 122 Å². The highest BCUT2D eigenvalue weighted by Crippen LogP contribution is 2.20. The molecule has 0 spiro atoms. The molecule has 0 bridgehead atoms. The molecule has 0 aliphatic rings. The van der Waals surface area contributed by atoms with Gasteiger partial charge in [-0.15, -0.1) is 0 Å². The molecule has 0 fully saturated rings. The zero-order chi connectivity index (χ0) is 13.8. The number of rotatable bonds is 3. The quantitative estimate of drug-likeness (QED) is 0.626. The second-order valence-electron chi connectivity index (χ2n) is 4.93. The van der Waals surface area contributed by atoms with Crippen molar-refractivity contribution in [3.63, 3.8) is 0 Å². The lowest BCUT2D eigenvalue weighted by Gasteiger charge is -2.05. The molecule has 0 radical (unpaired) electrons. The summed E-state index contributed by atoms with van der Waals surface area (Å²) in [6, 6.07) is 28.2. The SMILES string of the molecule is Cc1ccc(-c2ccc(Pc3ccccc3)cc2)cc1. The Kier molecular flexibility index (Phi) is 3.95.